The summed E-state index contributed by atoms with van der Waals surface area (Å²) < 4.78 is 51.5. The Morgan fingerprint density at radius 3 is 2.13 bits per heavy atom. The van der Waals surface area contributed by atoms with Crippen LogP contribution < -0.4 is 4.90 Å². The third kappa shape index (κ3) is 6.37. The van der Waals surface area contributed by atoms with Gasteiger partial charge in [-0.25, -0.2) is 4.79 Å². The van der Waals surface area contributed by atoms with Crippen LogP contribution in [-0.4, -0.2) is 40.0 Å². The second-order valence-electron chi connectivity index (χ2n) is 10.9. The number of hydrogen-bond acceptors (Lipinski definition) is 8. The van der Waals surface area contributed by atoms with E-state index in [2.05, 4.69) is 15.2 Å². The van der Waals surface area contributed by atoms with E-state index in [4.69, 9.17) is 9.47 Å². The van der Waals surface area contributed by atoms with Crippen LogP contribution in [0.1, 0.15) is 70.3 Å². The number of benzene rings is 2. The third-order valence-electron chi connectivity index (χ3n) is 7.45. The fourth-order valence-corrected chi connectivity index (χ4v) is 5.02. The normalized spacial score (nSPS) is 15.7. The molecule has 2 unspecified atom stereocenters. The topological polar surface area (TPSA) is 112 Å². The van der Waals surface area contributed by atoms with Gasteiger partial charge in [0.1, 0.15) is 5.69 Å². The number of hydrogen-bond donors (Lipinski definition) is 0. The lowest BCUT2D eigenvalue weighted by molar-refractivity contribution is -0.152. The standard InChI is InChI=1S/C34H29F3N4O5/c1-19(2)21-11-13-22(14-12-21)29(42)27-28(24-15-16-25(38-18-24)34(35,36)37)41(26-17-10-20(3)39-40-26)32(43)31(27)46-30(33(44)45-4)23-8-6-5-7-9-23/h5-19,28,30H,1-4H3. The van der Waals surface area contributed by atoms with Crippen molar-refractivity contribution in [3.05, 3.63) is 130 Å². The molecule has 46 heavy (non-hydrogen) atoms. The predicted molar refractivity (Wildman–Crippen MR) is 160 cm³/mol. The zero-order valence-corrected chi connectivity index (χ0v) is 25.3. The van der Waals surface area contributed by atoms with E-state index < -0.39 is 47.4 Å². The summed E-state index contributed by atoms with van der Waals surface area (Å²) in [5.74, 6) is -2.69. The van der Waals surface area contributed by atoms with E-state index in [1.165, 1.54) is 6.07 Å². The van der Waals surface area contributed by atoms with Crippen molar-refractivity contribution in [3.63, 3.8) is 0 Å². The molecule has 0 saturated heterocycles. The number of carbonyl (C=O) groups excluding carboxylic acids is 3. The van der Waals surface area contributed by atoms with Crippen molar-refractivity contribution in [2.24, 2.45) is 0 Å². The van der Waals surface area contributed by atoms with Gasteiger partial charge in [-0.3, -0.25) is 19.5 Å². The number of anilines is 1. The zero-order chi connectivity index (χ0) is 33.2. The van der Waals surface area contributed by atoms with Crippen LogP contribution in [0.3, 0.4) is 0 Å². The third-order valence-corrected chi connectivity index (χ3v) is 7.45. The van der Waals surface area contributed by atoms with Gasteiger partial charge in [-0.2, -0.15) is 18.3 Å². The Morgan fingerprint density at radius 2 is 1.59 bits per heavy atom. The molecular formula is C34H29F3N4O5. The summed E-state index contributed by atoms with van der Waals surface area (Å²) in [5.41, 5.74) is 0.696. The van der Waals surface area contributed by atoms with Gasteiger partial charge in [0.15, 0.2) is 17.4 Å². The van der Waals surface area contributed by atoms with Crippen LogP contribution in [0.25, 0.3) is 0 Å². The Hall–Kier alpha value is -5.39. The molecule has 0 fully saturated rings. The number of methoxy groups -OCH3 is 1. The molecule has 4 aromatic rings. The van der Waals surface area contributed by atoms with Crippen LogP contribution in [-0.2, 0) is 25.2 Å². The first-order chi connectivity index (χ1) is 21.9. The highest BCUT2D eigenvalue weighted by molar-refractivity contribution is 6.21. The van der Waals surface area contributed by atoms with Crippen molar-refractivity contribution >= 4 is 23.5 Å². The van der Waals surface area contributed by atoms with Gasteiger partial charge in [0.25, 0.3) is 5.91 Å². The summed E-state index contributed by atoms with van der Waals surface area (Å²) in [7, 11) is 1.15. The van der Waals surface area contributed by atoms with Crippen molar-refractivity contribution in [2.45, 2.75) is 45.0 Å². The number of aryl methyl sites for hydroxylation is 1. The summed E-state index contributed by atoms with van der Waals surface area (Å²) in [6.45, 7) is 5.67. The average molecular weight is 631 g/mol. The number of halogens is 3. The zero-order valence-electron chi connectivity index (χ0n) is 25.3. The molecule has 3 heterocycles. The summed E-state index contributed by atoms with van der Waals surface area (Å²) >= 11 is 0. The van der Waals surface area contributed by atoms with Crippen LogP contribution in [0.4, 0.5) is 19.0 Å². The van der Waals surface area contributed by atoms with E-state index >= 15 is 0 Å². The second-order valence-corrected chi connectivity index (χ2v) is 10.9. The van der Waals surface area contributed by atoms with Gasteiger partial charge in [0.05, 0.1) is 24.4 Å². The minimum atomic E-state index is -4.73. The molecule has 0 saturated carbocycles. The lowest BCUT2D eigenvalue weighted by atomic mass is 9.92. The first-order valence-corrected chi connectivity index (χ1v) is 14.3. The van der Waals surface area contributed by atoms with E-state index in [0.29, 0.717) is 11.3 Å². The summed E-state index contributed by atoms with van der Waals surface area (Å²) in [6.07, 6.45) is -5.24. The number of amides is 1. The first-order valence-electron chi connectivity index (χ1n) is 14.3. The Morgan fingerprint density at radius 1 is 0.891 bits per heavy atom. The molecule has 1 aliphatic rings. The van der Waals surface area contributed by atoms with Crippen molar-refractivity contribution in [1.82, 2.24) is 15.2 Å². The van der Waals surface area contributed by atoms with Crippen LogP contribution in [0.2, 0.25) is 0 Å². The molecule has 2 aromatic carbocycles. The van der Waals surface area contributed by atoms with E-state index in [9.17, 15) is 27.6 Å². The van der Waals surface area contributed by atoms with Crippen molar-refractivity contribution in [2.75, 3.05) is 12.0 Å². The minimum Gasteiger partial charge on any atom is -0.468 e. The van der Waals surface area contributed by atoms with Crippen LogP contribution in [0.5, 0.6) is 0 Å². The number of ketones is 1. The molecule has 1 amide bonds. The van der Waals surface area contributed by atoms with Crippen LogP contribution >= 0.6 is 0 Å². The molecular weight excluding hydrogens is 601 g/mol. The Bertz CT molecular complexity index is 1770. The summed E-state index contributed by atoms with van der Waals surface area (Å²) in [4.78, 5) is 46.4. The van der Waals surface area contributed by atoms with Gasteiger partial charge in [0, 0.05) is 17.3 Å². The van der Waals surface area contributed by atoms with Gasteiger partial charge >= 0.3 is 12.1 Å². The molecule has 0 radical (unpaired) electrons. The number of pyridine rings is 1. The second kappa shape index (κ2) is 12.9. The van der Waals surface area contributed by atoms with Gasteiger partial charge < -0.3 is 9.47 Å². The Balaban J connectivity index is 1.74. The lowest BCUT2D eigenvalue weighted by Gasteiger charge is -2.25. The highest BCUT2D eigenvalue weighted by atomic mass is 19.4. The highest BCUT2D eigenvalue weighted by Gasteiger charge is 2.48. The van der Waals surface area contributed by atoms with E-state index in [-0.39, 0.29) is 28.4 Å². The maximum absolute atomic E-state index is 14.4. The molecule has 2 atom stereocenters. The molecule has 0 N–H and O–H groups in total. The van der Waals surface area contributed by atoms with Gasteiger partial charge in [-0.1, -0.05) is 74.5 Å². The fraction of sp³-hybridized carbons (Fsp3) is 0.235. The number of aromatic nitrogens is 3. The molecule has 1 aliphatic heterocycles. The largest absolute Gasteiger partial charge is 0.468 e. The number of rotatable bonds is 9. The molecule has 2 aromatic heterocycles. The summed E-state index contributed by atoms with van der Waals surface area (Å²) in [6, 6.07) is 18.6. The number of Topliss-reactive ketones (excluding diaryl/α,β-unsaturated/α-hetero) is 1. The molecule has 0 spiro atoms. The lowest BCUT2D eigenvalue weighted by Crippen LogP contribution is -2.32. The van der Waals surface area contributed by atoms with Gasteiger partial charge in [-0.15, -0.1) is 5.10 Å². The number of alkyl halides is 3. The number of carbonyl (C=O) groups is 3. The average Bonchev–Trinajstić information content (AvgIpc) is 3.34. The first kappa shape index (κ1) is 32.0. The van der Waals surface area contributed by atoms with Crippen LogP contribution in [0, 0.1) is 6.92 Å². The Labute approximate surface area is 262 Å². The maximum atomic E-state index is 14.4. The quantitative estimate of drug-likeness (QED) is 0.153. The number of nitrogens with zero attached hydrogens (tertiary/aromatic N) is 4. The molecule has 0 bridgehead atoms. The van der Waals surface area contributed by atoms with Crippen molar-refractivity contribution in [3.8, 4) is 0 Å². The van der Waals surface area contributed by atoms with E-state index in [0.717, 1.165) is 35.9 Å². The van der Waals surface area contributed by atoms with Gasteiger partial charge in [0.2, 0.25) is 6.10 Å². The maximum Gasteiger partial charge on any atom is 0.433 e. The van der Waals surface area contributed by atoms with Gasteiger partial charge in [-0.05, 0) is 42.2 Å². The Kier molecular flexibility index (Phi) is 8.99. The molecule has 9 nitrogen and oxygen atoms in total. The minimum absolute atomic E-state index is 0.00566. The summed E-state index contributed by atoms with van der Waals surface area (Å²) in [5, 5.41) is 8.17. The monoisotopic (exact) mass is 630 g/mol. The highest BCUT2D eigenvalue weighted by Crippen LogP contribution is 2.44. The number of esters is 1. The van der Waals surface area contributed by atoms with Crippen molar-refractivity contribution in [1.29, 1.82) is 0 Å². The van der Waals surface area contributed by atoms with Crippen LogP contribution in [0.15, 0.2) is 96.4 Å². The smallest absolute Gasteiger partial charge is 0.433 e. The van der Waals surface area contributed by atoms with E-state index in [1.807, 2.05) is 13.8 Å². The molecule has 0 aliphatic carbocycles. The molecule has 5 rings (SSSR count). The van der Waals surface area contributed by atoms with E-state index in [1.54, 1.807) is 67.6 Å². The fourth-order valence-electron chi connectivity index (χ4n) is 5.02. The molecule has 12 heteroatoms. The molecule has 236 valence electrons. The number of ether oxygens (including phenoxy) is 2. The predicted octanol–water partition coefficient (Wildman–Crippen LogP) is 6.48. The van der Waals surface area contributed by atoms with Crippen molar-refractivity contribution < 1.29 is 37.0 Å². The SMILES string of the molecule is COC(=O)C(OC1=C(C(=O)c2ccc(C(C)C)cc2)C(c2ccc(C(F)(F)F)nc2)N(c2ccc(C)nn2)C1=O)c1ccccc1.